The molecule has 0 aliphatic carbocycles. The van der Waals surface area contributed by atoms with Crippen LogP contribution in [-0.4, -0.2) is 25.4 Å². The zero-order chi connectivity index (χ0) is 17.5. The normalized spacial score (nSPS) is 13.0. The molecule has 0 spiro atoms. The van der Waals surface area contributed by atoms with Gasteiger partial charge in [0.05, 0.1) is 25.5 Å². The highest BCUT2D eigenvalue weighted by atomic mass is 32.2. The molecule has 0 aliphatic rings. The quantitative estimate of drug-likeness (QED) is 0.769. The average Bonchev–Trinajstić information content (AvgIpc) is 2.61. The molecule has 0 aliphatic heterocycles. The summed E-state index contributed by atoms with van der Waals surface area (Å²) in [7, 11) is 3.24. The van der Waals surface area contributed by atoms with Crippen LogP contribution in [0.15, 0.2) is 53.4 Å². The summed E-state index contributed by atoms with van der Waals surface area (Å²) in [6.07, 6.45) is 0. The molecule has 2 rings (SSSR count). The number of rotatable bonds is 7. The van der Waals surface area contributed by atoms with Gasteiger partial charge in [0.2, 0.25) is 5.91 Å². The monoisotopic (exact) mass is 345 g/mol. The number of carbonyl (C=O) groups is 1. The maximum absolute atomic E-state index is 12.5. The number of benzene rings is 2. The van der Waals surface area contributed by atoms with Gasteiger partial charge >= 0.3 is 0 Å². The van der Waals surface area contributed by atoms with Crippen LogP contribution in [0.2, 0.25) is 0 Å². The fraction of sp³-hybridized carbons (Fsp3) is 0.316. The molecule has 128 valence electrons. The summed E-state index contributed by atoms with van der Waals surface area (Å²) < 4.78 is 10.7. The Hall–Kier alpha value is -2.14. The van der Waals surface area contributed by atoms with E-state index in [1.54, 1.807) is 14.2 Å². The van der Waals surface area contributed by atoms with Gasteiger partial charge in [-0.2, -0.15) is 0 Å². The molecule has 5 heteroatoms. The highest BCUT2D eigenvalue weighted by molar-refractivity contribution is 8.00. The first-order valence-corrected chi connectivity index (χ1v) is 8.67. The second-order valence-electron chi connectivity index (χ2n) is 5.41. The van der Waals surface area contributed by atoms with E-state index in [0.29, 0.717) is 0 Å². The molecule has 0 saturated carbocycles. The summed E-state index contributed by atoms with van der Waals surface area (Å²) in [5.41, 5.74) is 0.891. The maximum atomic E-state index is 12.5. The summed E-state index contributed by atoms with van der Waals surface area (Å²) in [6, 6.07) is 15.3. The number of carbonyl (C=O) groups excluding carboxylic acids is 1. The SMILES string of the molecule is COc1ccc(OC)c([C@H](C)NC(=O)[C@H](C)Sc2ccccc2)c1. The molecule has 0 aromatic heterocycles. The second kappa shape index (κ2) is 8.64. The van der Waals surface area contributed by atoms with Crippen LogP contribution in [0.4, 0.5) is 0 Å². The lowest BCUT2D eigenvalue weighted by molar-refractivity contribution is -0.120. The zero-order valence-corrected chi connectivity index (χ0v) is 15.2. The highest BCUT2D eigenvalue weighted by Crippen LogP contribution is 2.30. The molecule has 0 saturated heterocycles. The van der Waals surface area contributed by atoms with E-state index in [1.165, 1.54) is 11.8 Å². The standard InChI is InChI=1S/C19H23NO3S/c1-13(17-12-15(22-3)10-11-18(17)23-4)20-19(21)14(2)24-16-8-6-5-7-9-16/h5-14H,1-4H3,(H,20,21)/t13-,14-/m0/s1. The molecular weight excluding hydrogens is 322 g/mol. The average molecular weight is 345 g/mol. The first-order chi connectivity index (χ1) is 11.5. The number of hydrogen-bond donors (Lipinski definition) is 1. The third-order valence-electron chi connectivity index (χ3n) is 3.69. The maximum Gasteiger partial charge on any atom is 0.233 e. The van der Waals surface area contributed by atoms with Gasteiger partial charge < -0.3 is 14.8 Å². The van der Waals surface area contributed by atoms with Crippen LogP contribution in [0.25, 0.3) is 0 Å². The first kappa shape index (κ1) is 18.2. The molecule has 2 atom stereocenters. The summed E-state index contributed by atoms with van der Waals surface area (Å²) in [6.45, 7) is 3.84. The van der Waals surface area contributed by atoms with Crippen molar-refractivity contribution in [2.45, 2.75) is 30.0 Å². The van der Waals surface area contributed by atoms with Crippen LogP contribution < -0.4 is 14.8 Å². The lowest BCUT2D eigenvalue weighted by Crippen LogP contribution is -2.33. The molecule has 0 fully saturated rings. The molecule has 2 aromatic rings. The van der Waals surface area contributed by atoms with Crippen molar-refractivity contribution in [1.29, 1.82) is 0 Å². The topological polar surface area (TPSA) is 47.6 Å². The largest absolute Gasteiger partial charge is 0.497 e. The van der Waals surface area contributed by atoms with Crippen molar-refractivity contribution in [2.75, 3.05) is 14.2 Å². The Bertz CT molecular complexity index is 676. The Morgan fingerprint density at radius 3 is 2.38 bits per heavy atom. The van der Waals surface area contributed by atoms with E-state index in [-0.39, 0.29) is 17.2 Å². The van der Waals surface area contributed by atoms with Crippen LogP contribution >= 0.6 is 11.8 Å². The van der Waals surface area contributed by atoms with Gasteiger partial charge in [-0.25, -0.2) is 0 Å². The van der Waals surface area contributed by atoms with Crippen LogP contribution in [-0.2, 0) is 4.79 Å². The molecule has 2 aromatic carbocycles. The van der Waals surface area contributed by atoms with Crippen molar-refractivity contribution in [3.8, 4) is 11.5 Å². The molecule has 0 heterocycles. The van der Waals surface area contributed by atoms with Crippen molar-refractivity contribution in [3.05, 3.63) is 54.1 Å². The lowest BCUT2D eigenvalue weighted by Gasteiger charge is -2.20. The van der Waals surface area contributed by atoms with Crippen LogP contribution in [0.1, 0.15) is 25.5 Å². The van der Waals surface area contributed by atoms with Crippen molar-refractivity contribution in [2.24, 2.45) is 0 Å². The minimum absolute atomic E-state index is 0.0128. The Kier molecular flexibility index (Phi) is 6.55. The Morgan fingerprint density at radius 2 is 1.75 bits per heavy atom. The second-order valence-corrected chi connectivity index (χ2v) is 6.83. The number of nitrogens with one attached hydrogen (secondary N) is 1. The van der Waals surface area contributed by atoms with E-state index in [1.807, 2.05) is 62.4 Å². The Balaban J connectivity index is 2.05. The van der Waals surface area contributed by atoms with Gasteiger partial charge in [0.1, 0.15) is 11.5 Å². The van der Waals surface area contributed by atoms with Crippen molar-refractivity contribution >= 4 is 17.7 Å². The predicted molar refractivity (Wildman–Crippen MR) is 97.9 cm³/mol. The molecule has 4 nitrogen and oxygen atoms in total. The molecule has 1 amide bonds. The summed E-state index contributed by atoms with van der Waals surface area (Å²) in [5.74, 6) is 1.45. The summed E-state index contributed by atoms with van der Waals surface area (Å²) in [4.78, 5) is 13.6. The molecule has 1 N–H and O–H groups in total. The lowest BCUT2D eigenvalue weighted by atomic mass is 10.1. The van der Waals surface area contributed by atoms with Gasteiger partial charge in [0, 0.05) is 10.5 Å². The number of methoxy groups -OCH3 is 2. The van der Waals surface area contributed by atoms with E-state index >= 15 is 0 Å². The Morgan fingerprint density at radius 1 is 1.04 bits per heavy atom. The first-order valence-electron chi connectivity index (χ1n) is 7.79. The van der Waals surface area contributed by atoms with Gasteiger partial charge in [-0.05, 0) is 44.2 Å². The van der Waals surface area contributed by atoms with Gasteiger partial charge in [-0.1, -0.05) is 18.2 Å². The highest BCUT2D eigenvalue weighted by Gasteiger charge is 2.19. The van der Waals surface area contributed by atoms with Crippen LogP contribution in [0.5, 0.6) is 11.5 Å². The number of thioether (sulfide) groups is 1. The minimum Gasteiger partial charge on any atom is -0.497 e. The smallest absolute Gasteiger partial charge is 0.233 e. The van der Waals surface area contributed by atoms with Crippen molar-refractivity contribution in [3.63, 3.8) is 0 Å². The number of ether oxygens (including phenoxy) is 2. The van der Waals surface area contributed by atoms with E-state index in [0.717, 1.165) is 22.0 Å². The summed E-state index contributed by atoms with van der Waals surface area (Å²) >= 11 is 1.54. The van der Waals surface area contributed by atoms with Crippen molar-refractivity contribution in [1.82, 2.24) is 5.32 Å². The van der Waals surface area contributed by atoms with E-state index < -0.39 is 0 Å². The van der Waals surface area contributed by atoms with Gasteiger partial charge in [0.25, 0.3) is 0 Å². The molecule has 0 bridgehead atoms. The third kappa shape index (κ3) is 4.68. The van der Waals surface area contributed by atoms with Gasteiger partial charge in [0.15, 0.2) is 0 Å². The fourth-order valence-electron chi connectivity index (χ4n) is 2.34. The number of amides is 1. The minimum atomic E-state index is -0.188. The Labute approximate surface area is 147 Å². The van der Waals surface area contributed by atoms with Gasteiger partial charge in [-0.3, -0.25) is 4.79 Å². The van der Waals surface area contributed by atoms with Crippen molar-refractivity contribution < 1.29 is 14.3 Å². The van der Waals surface area contributed by atoms with E-state index in [9.17, 15) is 4.79 Å². The van der Waals surface area contributed by atoms with E-state index in [4.69, 9.17) is 9.47 Å². The van der Waals surface area contributed by atoms with Gasteiger partial charge in [-0.15, -0.1) is 11.8 Å². The number of hydrogen-bond acceptors (Lipinski definition) is 4. The fourth-order valence-corrected chi connectivity index (χ4v) is 3.24. The molecule has 0 radical (unpaired) electrons. The molecular formula is C19H23NO3S. The van der Waals surface area contributed by atoms with E-state index in [2.05, 4.69) is 5.32 Å². The predicted octanol–water partition coefficient (Wildman–Crippen LogP) is 4.06. The zero-order valence-electron chi connectivity index (χ0n) is 14.4. The molecule has 0 unspecified atom stereocenters. The molecule has 24 heavy (non-hydrogen) atoms. The summed E-state index contributed by atoms with van der Waals surface area (Å²) in [5, 5.41) is 2.86. The van der Waals surface area contributed by atoms with Crippen LogP contribution in [0.3, 0.4) is 0 Å². The third-order valence-corrected chi connectivity index (χ3v) is 4.80. The van der Waals surface area contributed by atoms with Crippen LogP contribution in [0, 0.1) is 0 Å².